The summed E-state index contributed by atoms with van der Waals surface area (Å²) < 4.78 is 2.30. The summed E-state index contributed by atoms with van der Waals surface area (Å²) in [6.45, 7) is 8.51. The summed E-state index contributed by atoms with van der Waals surface area (Å²) >= 11 is 0. The van der Waals surface area contributed by atoms with Crippen molar-refractivity contribution < 1.29 is 0 Å². The predicted octanol–water partition coefficient (Wildman–Crippen LogP) is 4.94. The number of nitrogens with zero attached hydrogens (tertiary/aromatic N) is 3. The number of rotatable bonds is 5. The van der Waals surface area contributed by atoms with Gasteiger partial charge in [-0.05, 0) is 50.5 Å². The molecular weight excluding hydrogens is 282 g/mol. The third-order valence-corrected chi connectivity index (χ3v) is 4.22. The molecule has 3 nitrogen and oxygen atoms in total. The molecule has 23 heavy (non-hydrogen) atoms. The number of hydrogen-bond donors (Lipinski definition) is 0. The monoisotopic (exact) mass is 307 g/mol. The molecule has 1 aromatic carbocycles. The highest BCUT2D eigenvalue weighted by molar-refractivity contribution is 5.80. The highest BCUT2D eigenvalue weighted by atomic mass is 15.1. The molecule has 0 aliphatic rings. The third-order valence-electron chi connectivity index (χ3n) is 4.22. The molecule has 0 N–H and O–H groups in total. The van der Waals surface area contributed by atoms with Gasteiger partial charge in [-0.3, -0.25) is 9.55 Å². The largest absolute Gasteiger partial charge is 0.296 e. The summed E-state index contributed by atoms with van der Waals surface area (Å²) in [5.41, 5.74) is 6.84. The molecular formula is C20H25N3. The van der Waals surface area contributed by atoms with Crippen LogP contribution in [0.1, 0.15) is 49.5 Å². The average Bonchev–Trinajstić information content (AvgIpc) is 2.87. The van der Waals surface area contributed by atoms with Gasteiger partial charge in [0, 0.05) is 17.8 Å². The Bertz CT molecular complexity index is 813. The zero-order valence-corrected chi connectivity index (χ0v) is 14.6. The number of imidazole rings is 1. The minimum Gasteiger partial charge on any atom is -0.296 e. The fraction of sp³-hybridized carbons (Fsp3) is 0.400. The van der Waals surface area contributed by atoms with Gasteiger partial charge in [0.25, 0.3) is 0 Å². The summed E-state index contributed by atoms with van der Waals surface area (Å²) in [5, 5.41) is 0. The molecule has 0 aliphatic carbocycles. The minimum absolute atomic E-state index is 0.976. The Labute approximate surface area is 138 Å². The molecule has 0 aliphatic heterocycles. The first-order valence-electron chi connectivity index (χ1n) is 8.59. The van der Waals surface area contributed by atoms with Crippen molar-refractivity contribution >= 4 is 11.0 Å². The van der Waals surface area contributed by atoms with Crippen LogP contribution in [0.2, 0.25) is 0 Å². The van der Waals surface area contributed by atoms with E-state index in [1.165, 1.54) is 23.2 Å². The zero-order valence-electron chi connectivity index (χ0n) is 14.6. The first-order valence-corrected chi connectivity index (χ1v) is 8.59. The van der Waals surface area contributed by atoms with Gasteiger partial charge in [0.2, 0.25) is 0 Å². The Kier molecular flexibility index (Phi) is 4.46. The summed E-state index contributed by atoms with van der Waals surface area (Å²) in [6, 6.07) is 11.1. The smallest absolute Gasteiger partial charge is 0.114 e. The van der Waals surface area contributed by atoms with Gasteiger partial charge in [-0.1, -0.05) is 32.4 Å². The van der Waals surface area contributed by atoms with E-state index in [0.29, 0.717) is 0 Å². The summed E-state index contributed by atoms with van der Waals surface area (Å²) in [4.78, 5) is 9.45. The van der Waals surface area contributed by atoms with Crippen molar-refractivity contribution in [2.45, 2.75) is 53.4 Å². The van der Waals surface area contributed by atoms with Crippen LogP contribution in [0.15, 0.2) is 30.3 Å². The summed E-state index contributed by atoms with van der Waals surface area (Å²) in [6.07, 6.45) is 4.37. The summed E-state index contributed by atoms with van der Waals surface area (Å²) in [7, 11) is 0. The van der Waals surface area contributed by atoms with Crippen LogP contribution in [-0.4, -0.2) is 14.5 Å². The normalized spacial score (nSPS) is 11.3. The van der Waals surface area contributed by atoms with E-state index in [2.05, 4.69) is 53.7 Å². The Hall–Kier alpha value is -2.16. The molecule has 0 amide bonds. The highest BCUT2D eigenvalue weighted by Gasteiger charge is 2.14. The first-order chi connectivity index (χ1) is 11.1. The third kappa shape index (κ3) is 3.00. The Morgan fingerprint density at radius 2 is 1.61 bits per heavy atom. The topological polar surface area (TPSA) is 30.7 Å². The van der Waals surface area contributed by atoms with Gasteiger partial charge < -0.3 is 0 Å². The molecule has 2 aromatic heterocycles. The van der Waals surface area contributed by atoms with Crippen LogP contribution in [0.25, 0.3) is 16.7 Å². The lowest BCUT2D eigenvalue weighted by molar-refractivity contribution is 0.817. The maximum atomic E-state index is 4.88. The predicted molar refractivity (Wildman–Crippen MR) is 96.3 cm³/mol. The van der Waals surface area contributed by atoms with Crippen LogP contribution in [-0.2, 0) is 12.8 Å². The average molecular weight is 307 g/mol. The van der Waals surface area contributed by atoms with E-state index in [-0.39, 0.29) is 0 Å². The number of aromatic nitrogens is 3. The number of hydrogen-bond acceptors (Lipinski definition) is 2. The van der Waals surface area contributed by atoms with Gasteiger partial charge in [-0.15, -0.1) is 0 Å². The molecule has 0 radical (unpaired) electrons. The van der Waals surface area contributed by atoms with Gasteiger partial charge >= 0.3 is 0 Å². The van der Waals surface area contributed by atoms with Gasteiger partial charge in [-0.2, -0.15) is 0 Å². The van der Waals surface area contributed by atoms with Crippen LogP contribution in [0.4, 0.5) is 0 Å². The Morgan fingerprint density at radius 3 is 2.26 bits per heavy atom. The fourth-order valence-electron chi connectivity index (χ4n) is 3.21. The van der Waals surface area contributed by atoms with E-state index in [1.54, 1.807) is 0 Å². The van der Waals surface area contributed by atoms with Crippen LogP contribution in [0.5, 0.6) is 0 Å². The van der Waals surface area contributed by atoms with Gasteiger partial charge in [-0.25, -0.2) is 4.98 Å². The lowest BCUT2D eigenvalue weighted by Crippen LogP contribution is -2.01. The molecule has 0 saturated carbocycles. The Morgan fingerprint density at radius 1 is 0.913 bits per heavy atom. The van der Waals surface area contributed by atoms with Crippen molar-refractivity contribution in [3.63, 3.8) is 0 Å². The molecule has 0 saturated heterocycles. The van der Waals surface area contributed by atoms with E-state index in [0.717, 1.165) is 42.0 Å². The van der Waals surface area contributed by atoms with Crippen molar-refractivity contribution in [3.8, 4) is 5.69 Å². The molecule has 2 heterocycles. The number of pyridine rings is 1. The lowest BCUT2D eigenvalue weighted by atomic mass is 10.1. The molecule has 3 rings (SSSR count). The highest BCUT2D eigenvalue weighted by Crippen LogP contribution is 2.25. The van der Waals surface area contributed by atoms with Crippen LogP contribution >= 0.6 is 0 Å². The molecule has 0 bridgehead atoms. The number of fused-ring (bicyclic) bond motifs is 1. The van der Waals surface area contributed by atoms with E-state index in [4.69, 9.17) is 4.98 Å². The van der Waals surface area contributed by atoms with Gasteiger partial charge in [0.15, 0.2) is 0 Å². The molecule has 120 valence electrons. The van der Waals surface area contributed by atoms with Crippen molar-refractivity contribution in [1.82, 2.24) is 14.5 Å². The Balaban J connectivity index is 2.19. The zero-order chi connectivity index (χ0) is 16.4. The fourth-order valence-corrected chi connectivity index (χ4v) is 3.21. The van der Waals surface area contributed by atoms with Crippen LogP contribution < -0.4 is 0 Å². The lowest BCUT2D eigenvalue weighted by Gasteiger charge is -2.10. The minimum atomic E-state index is 0.976. The summed E-state index contributed by atoms with van der Waals surface area (Å²) in [5.74, 6) is 1.13. The second-order valence-electron chi connectivity index (χ2n) is 6.25. The molecule has 0 spiro atoms. The number of benzene rings is 1. The van der Waals surface area contributed by atoms with Crippen molar-refractivity contribution in [2.75, 3.05) is 0 Å². The standard InChI is InChI=1S/C20H25N3/c1-5-7-16-9-11-17(12-10-16)23-18-13-14(3)21-15(4)20(18)22-19(23)8-6-2/h9-13H,5-8H2,1-4H3. The maximum Gasteiger partial charge on any atom is 0.114 e. The molecule has 3 aromatic rings. The van der Waals surface area contributed by atoms with E-state index in [9.17, 15) is 0 Å². The second kappa shape index (κ2) is 6.53. The second-order valence-corrected chi connectivity index (χ2v) is 6.25. The maximum absolute atomic E-state index is 4.88. The first kappa shape index (κ1) is 15.7. The molecule has 0 fully saturated rings. The van der Waals surface area contributed by atoms with Crippen LogP contribution in [0.3, 0.4) is 0 Å². The number of aryl methyl sites for hydroxylation is 4. The SMILES string of the molecule is CCCc1ccc(-n2c(CCC)nc3c(C)nc(C)cc32)cc1. The molecule has 0 atom stereocenters. The van der Waals surface area contributed by atoms with Gasteiger partial charge in [0.05, 0.1) is 11.2 Å². The van der Waals surface area contributed by atoms with Crippen molar-refractivity contribution in [2.24, 2.45) is 0 Å². The molecule has 0 unspecified atom stereocenters. The van der Waals surface area contributed by atoms with Crippen molar-refractivity contribution in [1.29, 1.82) is 0 Å². The van der Waals surface area contributed by atoms with E-state index < -0.39 is 0 Å². The van der Waals surface area contributed by atoms with Crippen molar-refractivity contribution in [3.05, 3.63) is 53.1 Å². The quantitative estimate of drug-likeness (QED) is 0.668. The van der Waals surface area contributed by atoms with Gasteiger partial charge in [0.1, 0.15) is 11.3 Å². The van der Waals surface area contributed by atoms with Crippen LogP contribution in [0, 0.1) is 13.8 Å². The van der Waals surface area contributed by atoms with E-state index in [1.807, 2.05) is 13.8 Å². The van der Waals surface area contributed by atoms with E-state index >= 15 is 0 Å². The molecule has 3 heteroatoms.